The van der Waals surface area contributed by atoms with Crippen molar-refractivity contribution >= 4 is 10.0 Å². The highest BCUT2D eigenvalue weighted by atomic mass is 32.2. The molecule has 11 heavy (non-hydrogen) atoms. The fourth-order valence-corrected chi connectivity index (χ4v) is 2.15. The number of rotatable bonds is 2. The van der Waals surface area contributed by atoms with Gasteiger partial charge in [0.1, 0.15) is 0 Å². The van der Waals surface area contributed by atoms with Crippen molar-refractivity contribution < 1.29 is 8.42 Å². The van der Waals surface area contributed by atoms with Gasteiger partial charge in [-0.25, -0.2) is 12.7 Å². The molecule has 1 N–H and O–H groups in total. The molecule has 0 aliphatic carbocycles. The lowest BCUT2D eigenvalue weighted by Gasteiger charge is -2.12. The lowest BCUT2D eigenvalue weighted by Crippen LogP contribution is -2.32. The van der Waals surface area contributed by atoms with Crippen LogP contribution in [0.5, 0.6) is 0 Å². The van der Waals surface area contributed by atoms with Gasteiger partial charge in [-0.1, -0.05) is 0 Å². The molecule has 0 aromatic carbocycles. The van der Waals surface area contributed by atoms with Gasteiger partial charge in [0.05, 0.1) is 6.26 Å². The van der Waals surface area contributed by atoms with Crippen LogP contribution < -0.4 is 5.32 Å². The Bertz CT molecular complexity index is 225. The molecule has 1 fully saturated rings. The van der Waals surface area contributed by atoms with Crippen molar-refractivity contribution in [1.82, 2.24) is 9.62 Å². The molecule has 0 bridgehead atoms. The van der Waals surface area contributed by atoms with Crippen LogP contribution in [0.15, 0.2) is 0 Å². The zero-order valence-corrected chi connectivity index (χ0v) is 7.69. The molecule has 1 rings (SSSR count). The van der Waals surface area contributed by atoms with Crippen LogP contribution in [-0.2, 0) is 10.0 Å². The van der Waals surface area contributed by atoms with Gasteiger partial charge in [-0.05, 0) is 13.5 Å². The molecule has 1 unspecified atom stereocenters. The Morgan fingerprint density at radius 2 is 2.18 bits per heavy atom. The maximum atomic E-state index is 11.0. The van der Waals surface area contributed by atoms with Crippen LogP contribution in [0.2, 0.25) is 0 Å². The molecule has 4 nitrogen and oxygen atoms in total. The highest BCUT2D eigenvalue weighted by Gasteiger charge is 2.26. The molecule has 0 aromatic rings. The maximum absolute atomic E-state index is 11.0. The van der Waals surface area contributed by atoms with E-state index in [0.717, 1.165) is 6.42 Å². The second-order valence-electron chi connectivity index (χ2n) is 2.90. The monoisotopic (exact) mass is 178 g/mol. The van der Waals surface area contributed by atoms with Gasteiger partial charge in [-0.2, -0.15) is 0 Å². The van der Waals surface area contributed by atoms with Crippen molar-refractivity contribution in [3.05, 3.63) is 0 Å². The van der Waals surface area contributed by atoms with E-state index < -0.39 is 10.0 Å². The van der Waals surface area contributed by atoms with Crippen molar-refractivity contribution in [3.63, 3.8) is 0 Å². The molecular weight excluding hydrogens is 164 g/mol. The minimum Gasteiger partial charge on any atom is -0.316 e. The molecular formula is C6H14N2O2S. The largest absolute Gasteiger partial charge is 0.316 e. The van der Waals surface area contributed by atoms with Gasteiger partial charge in [0.2, 0.25) is 10.0 Å². The van der Waals surface area contributed by atoms with Crippen LogP contribution in [0.1, 0.15) is 6.42 Å². The highest BCUT2D eigenvalue weighted by Crippen LogP contribution is 2.11. The summed E-state index contributed by atoms with van der Waals surface area (Å²) in [5.41, 5.74) is 0. The third-order valence-corrected chi connectivity index (χ3v) is 3.30. The molecule has 0 aromatic heterocycles. The van der Waals surface area contributed by atoms with Gasteiger partial charge >= 0.3 is 0 Å². The number of hydrogen-bond donors (Lipinski definition) is 1. The average molecular weight is 178 g/mol. The Morgan fingerprint density at radius 3 is 2.45 bits per heavy atom. The van der Waals surface area contributed by atoms with Crippen LogP contribution in [0.4, 0.5) is 0 Å². The van der Waals surface area contributed by atoms with Crippen LogP contribution in [-0.4, -0.2) is 45.2 Å². The van der Waals surface area contributed by atoms with E-state index in [1.807, 2.05) is 7.05 Å². The van der Waals surface area contributed by atoms with Crippen molar-refractivity contribution in [2.24, 2.45) is 0 Å². The zero-order valence-electron chi connectivity index (χ0n) is 6.87. The summed E-state index contributed by atoms with van der Waals surface area (Å²) in [7, 11) is -1.09. The van der Waals surface area contributed by atoms with E-state index in [-0.39, 0.29) is 0 Å². The SMILES string of the molecule is CNC1CCN(S(C)(=O)=O)C1. The van der Waals surface area contributed by atoms with Crippen molar-refractivity contribution in [3.8, 4) is 0 Å². The number of hydrogen-bond acceptors (Lipinski definition) is 3. The standard InChI is InChI=1S/C6H14N2O2S/c1-7-6-3-4-8(5-6)11(2,9)10/h6-7H,3-5H2,1-2H3. The lowest BCUT2D eigenvalue weighted by molar-refractivity contribution is 0.469. The van der Waals surface area contributed by atoms with Crippen molar-refractivity contribution in [2.45, 2.75) is 12.5 Å². The zero-order chi connectivity index (χ0) is 8.48. The summed E-state index contributed by atoms with van der Waals surface area (Å²) < 4.78 is 23.5. The molecule has 0 amide bonds. The van der Waals surface area contributed by atoms with Gasteiger partial charge in [0, 0.05) is 19.1 Å². The number of sulfonamides is 1. The minimum atomic E-state index is -2.95. The normalized spacial score (nSPS) is 27.6. The van der Waals surface area contributed by atoms with E-state index >= 15 is 0 Å². The van der Waals surface area contributed by atoms with Crippen molar-refractivity contribution in [1.29, 1.82) is 0 Å². The van der Waals surface area contributed by atoms with Crippen LogP contribution >= 0.6 is 0 Å². The summed E-state index contributed by atoms with van der Waals surface area (Å²) in [5, 5.41) is 3.06. The first-order valence-electron chi connectivity index (χ1n) is 3.66. The molecule has 66 valence electrons. The molecule has 5 heteroatoms. The summed E-state index contributed by atoms with van der Waals surface area (Å²) in [6.07, 6.45) is 2.18. The smallest absolute Gasteiger partial charge is 0.211 e. The third kappa shape index (κ3) is 2.15. The van der Waals surface area contributed by atoms with Gasteiger partial charge in [0.15, 0.2) is 0 Å². The second-order valence-corrected chi connectivity index (χ2v) is 4.88. The quantitative estimate of drug-likeness (QED) is 0.604. The summed E-state index contributed by atoms with van der Waals surface area (Å²) in [4.78, 5) is 0. The molecule has 1 heterocycles. The maximum Gasteiger partial charge on any atom is 0.211 e. The van der Waals surface area contributed by atoms with Gasteiger partial charge < -0.3 is 5.32 Å². The van der Waals surface area contributed by atoms with E-state index in [1.54, 1.807) is 0 Å². The topological polar surface area (TPSA) is 49.4 Å². The molecule has 1 saturated heterocycles. The molecule has 1 aliphatic heterocycles. The number of nitrogens with zero attached hydrogens (tertiary/aromatic N) is 1. The Hall–Kier alpha value is -0.130. The Balaban J connectivity index is 2.55. The van der Waals surface area contributed by atoms with Crippen LogP contribution in [0.3, 0.4) is 0 Å². The predicted octanol–water partition coefficient (Wildman–Crippen LogP) is -0.760. The molecule has 0 spiro atoms. The van der Waals surface area contributed by atoms with Gasteiger partial charge in [-0.15, -0.1) is 0 Å². The average Bonchev–Trinajstić information content (AvgIpc) is 2.32. The summed E-state index contributed by atoms with van der Waals surface area (Å²) in [5.74, 6) is 0. The molecule has 0 radical (unpaired) electrons. The Kier molecular flexibility index (Phi) is 2.51. The van der Waals surface area contributed by atoms with E-state index in [1.165, 1.54) is 10.6 Å². The van der Waals surface area contributed by atoms with Gasteiger partial charge in [-0.3, -0.25) is 0 Å². The van der Waals surface area contributed by atoms with E-state index in [0.29, 0.717) is 19.1 Å². The molecule has 0 saturated carbocycles. The molecule has 1 aliphatic rings. The number of likely N-dealkylation sites (N-methyl/N-ethyl adjacent to an activating group) is 1. The first kappa shape index (κ1) is 8.96. The Labute approximate surface area is 67.6 Å². The summed E-state index contributed by atoms with van der Waals surface area (Å²) in [6.45, 7) is 1.28. The summed E-state index contributed by atoms with van der Waals surface area (Å²) in [6, 6.07) is 0.338. The first-order chi connectivity index (χ1) is 5.04. The predicted molar refractivity (Wildman–Crippen MR) is 43.9 cm³/mol. The van der Waals surface area contributed by atoms with E-state index in [2.05, 4.69) is 5.32 Å². The third-order valence-electron chi connectivity index (χ3n) is 2.03. The van der Waals surface area contributed by atoms with E-state index in [9.17, 15) is 8.42 Å². The van der Waals surface area contributed by atoms with E-state index in [4.69, 9.17) is 0 Å². The van der Waals surface area contributed by atoms with Gasteiger partial charge in [0.25, 0.3) is 0 Å². The highest BCUT2D eigenvalue weighted by molar-refractivity contribution is 7.88. The molecule has 1 atom stereocenters. The van der Waals surface area contributed by atoms with Crippen LogP contribution in [0, 0.1) is 0 Å². The number of nitrogens with one attached hydrogen (secondary N) is 1. The van der Waals surface area contributed by atoms with Crippen molar-refractivity contribution in [2.75, 3.05) is 26.4 Å². The van der Waals surface area contributed by atoms with Crippen LogP contribution in [0.25, 0.3) is 0 Å². The summed E-state index contributed by atoms with van der Waals surface area (Å²) >= 11 is 0. The fraction of sp³-hybridized carbons (Fsp3) is 1.00. The minimum absolute atomic E-state index is 0.338. The lowest BCUT2D eigenvalue weighted by atomic mass is 10.3. The first-order valence-corrected chi connectivity index (χ1v) is 5.51. The second kappa shape index (κ2) is 3.08. The fourth-order valence-electron chi connectivity index (χ4n) is 1.27. The Morgan fingerprint density at radius 1 is 1.55 bits per heavy atom.